The van der Waals surface area contributed by atoms with Crippen LogP contribution in [0.2, 0.25) is 0 Å². The molecule has 1 amide bonds. The molecule has 0 saturated heterocycles. The van der Waals surface area contributed by atoms with Gasteiger partial charge in [0.2, 0.25) is 0 Å². The number of aliphatic hydroxyl groups excluding tert-OH is 3. The summed E-state index contributed by atoms with van der Waals surface area (Å²) in [5, 5.41) is 29.0. The van der Waals surface area contributed by atoms with Crippen molar-refractivity contribution in [3.8, 4) is 0 Å². The maximum atomic E-state index is 11.8. The Morgan fingerprint density at radius 3 is 2.43 bits per heavy atom. The minimum Gasteiger partial charge on any atom is -0.461 e. The quantitative estimate of drug-likeness (QED) is 0.453. The second-order valence-electron chi connectivity index (χ2n) is 4.74. The van der Waals surface area contributed by atoms with E-state index in [2.05, 4.69) is 5.32 Å². The summed E-state index contributed by atoms with van der Waals surface area (Å²) in [5.74, 6) is -0.830. The first-order valence-corrected chi connectivity index (χ1v) is 7.10. The van der Waals surface area contributed by atoms with Crippen LogP contribution in [0.3, 0.4) is 0 Å². The van der Waals surface area contributed by atoms with Crippen molar-refractivity contribution < 1.29 is 34.4 Å². The van der Waals surface area contributed by atoms with Gasteiger partial charge < -0.3 is 30.1 Å². The molecule has 0 heterocycles. The van der Waals surface area contributed by atoms with Gasteiger partial charge in [-0.15, -0.1) is 0 Å². The van der Waals surface area contributed by atoms with Crippen molar-refractivity contribution >= 4 is 12.1 Å². The minimum absolute atomic E-state index is 0.0385. The molecule has 0 aliphatic rings. The first-order valence-electron chi connectivity index (χ1n) is 7.10. The molecule has 0 fully saturated rings. The lowest BCUT2D eigenvalue weighted by Crippen LogP contribution is -2.43. The maximum absolute atomic E-state index is 11.8. The van der Waals surface area contributed by atoms with E-state index in [1.807, 2.05) is 6.07 Å². The van der Waals surface area contributed by atoms with Crippen molar-refractivity contribution in [1.29, 1.82) is 0 Å². The Hall–Kier alpha value is -2.16. The summed E-state index contributed by atoms with van der Waals surface area (Å²) in [7, 11) is 0. The van der Waals surface area contributed by atoms with E-state index in [-0.39, 0.29) is 19.6 Å². The summed E-state index contributed by atoms with van der Waals surface area (Å²) in [6, 6.07) is 7.89. The van der Waals surface area contributed by atoms with Gasteiger partial charge in [-0.2, -0.15) is 0 Å². The van der Waals surface area contributed by atoms with E-state index in [9.17, 15) is 9.59 Å². The molecule has 23 heavy (non-hydrogen) atoms. The number of hydrogen-bond donors (Lipinski definition) is 4. The van der Waals surface area contributed by atoms with Crippen LogP contribution in [0.5, 0.6) is 0 Å². The summed E-state index contributed by atoms with van der Waals surface area (Å²) in [4.78, 5) is 23.5. The molecule has 8 heteroatoms. The molecule has 8 nitrogen and oxygen atoms in total. The number of amides is 1. The number of aliphatic hydroxyl groups is 3. The topological polar surface area (TPSA) is 125 Å². The van der Waals surface area contributed by atoms with Crippen LogP contribution in [0.1, 0.15) is 12.0 Å². The summed E-state index contributed by atoms with van der Waals surface area (Å²) in [6.07, 6.45) is -2.08. The van der Waals surface area contributed by atoms with Gasteiger partial charge in [0.05, 0.1) is 6.61 Å². The zero-order valence-electron chi connectivity index (χ0n) is 12.6. The van der Waals surface area contributed by atoms with Crippen molar-refractivity contribution in [2.45, 2.75) is 25.2 Å². The summed E-state index contributed by atoms with van der Waals surface area (Å²) in [5.41, 5.74) is 0.787. The predicted molar refractivity (Wildman–Crippen MR) is 79.3 cm³/mol. The Kier molecular flexibility index (Phi) is 8.66. The zero-order chi connectivity index (χ0) is 17.1. The third kappa shape index (κ3) is 7.59. The van der Waals surface area contributed by atoms with E-state index >= 15 is 0 Å². The van der Waals surface area contributed by atoms with E-state index in [0.29, 0.717) is 0 Å². The number of esters is 1. The Labute approximate surface area is 133 Å². The molecule has 0 aliphatic heterocycles. The fraction of sp³-hybridized carbons (Fsp3) is 0.467. The zero-order valence-corrected chi connectivity index (χ0v) is 12.6. The van der Waals surface area contributed by atoms with Crippen LogP contribution in [0.15, 0.2) is 30.3 Å². The first-order chi connectivity index (χ1) is 11.1. The second-order valence-corrected chi connectivity index (χ2v) is 4.74. The molecule has 1 aromatic rings. The van der Waals surface area contributed by atoms with Crippen LogP contribution < -0.4 is 5.32 Å². The average Bonchev–Trinajstić information content (AvgIpc) is 2.58. The van der Waals surface area contributed by atoms with Crippen LogP contribution in [-0.2, 0) is 20.9 Å². The summed E-state index contributed by atoms with van der Waals surface area (Å²) < 4.78 is 9.72. The van der Waals surface area contributed by atoms with Crippen molar-refractivity contribution in [2.24, 2.45) is 0 Å². The van der Waals surface area contributed by atoms with E-state index in [4.69, 9.17) is 24.8 Å². The Balaban J connectivity index is 2.44. The highest BCUT2D eigenvalue weighted by molar-refractivity contribution is 5.81. The number of alkyl carbamates (subject to hydrolysis) is 1. The van der Waals surface area contributed by atoms with Gasteiger partial charge in [-0.05, 0) is 5.56 Å². The molecule has 0 bridgehead atoms. The lowest BCUT2D eigenvalue weighted by molar-refractivity contribution is -0.150. The van der Waals surface area contributed by atoms with E-state index in [1.54, 1.807) is 24.3 Å². The SMILES string of the molecule is O=C(N[C@@H](CCO)C(=O)OCC(O)CO)OCc1ccccc1. The lowest BCUT2D eigenvalue weighted by Gasteiger charge is -2.17. The number of rotatable bonds is 9. The van der Waals surface area contributed by atoms with Crippen LogP contribution in [0.25, 0.3) is 0 Å². The summed E-state index contributed by atoms with van der Waals surface area (Å²) in [6.45, 7) is -1.26. The van der Waals surface area contributed by atoms with Gasteiger partial charge in [-0.3, -0.25) is 0 Å². The Bertz CT molecular complexity index is 480. The standard InChI is InChI=1S/C15H21NO7/c17-7-6-13(14(20)22-10-12(19)8-18)16-15(21)23-9-11-4-2-1-3-5-11/h1-5,12-13,17-19H,6-10H2,(H,16,21)/t12?,13-/m0/s1. The van der Waals surface area contributed by atoms with Gasteiger partial charge in [0, 0.05) is 13.0 Å². The number of nitrogens with one attached hydrogen (secondary N) is 1. The molecule has 2 atom stereocenters. The van der Waals surface area contributed by atoms with Gasteiger partial charge >= 0.3 is 12.1 Å². The van der Waals surface area contributed by atoms with Crippen molar-refractivity contribution in [3.05, 3.63) is 35.9 Å². The van der Waals surface area contributed by atoms with Crippen molar-refractivity contribution in [1.82, 2.24) is 5.32 Å². The minimum atomic E-state index is -1.20. The van der Waals surface area contributed by atoms with Gasteiger partial charge in [0.1, 0.15) is 25.4 Å². The molecular formula is C15H21NO7. The molecule has 1 aromatic carbocycles. The van der Waals surface area contributed by atoms with Gasteiger partial charge in [0.25, 0.3) is 0 Å². The number of benzene rings is 1. The number of carbonyl (C=O) groups is 2. The van der Waals surface area contributed by atoms with Gasteiger partial charge in [-0.1, -0.05) is 30.3 Å². The van der Waals surface area contributed by atoms with Crippen LogP contribution in [0.4, 0.5) is 4.79 Å². The average molecular weight is 327 g/mol. The molecule has 0 aromatic heterocycles. The van der Waals surface area contributed by atoms with Crippen LogP contribution in [0, 0.1) is 0 Å². The molecule has 0 saturated carbocycles. The number of ether oxygens (including phenoxy) is 2. The Morgan fingerprint density at radius 2 is 1.83 bits per heavy atom. The molecular weight excluding hydrogens is 306 g/mol. The van der Waals surface area contributed by atoms with Crippen LogP contribution >= 0.6 is 0 Å². The van der Waals surface area contributed by atoms with Gasteiger partial charge in [0.15, 0.2) is 0 Å². The highest BCUT2D eigenvalue weighted by Crippen LogP contribution is 2.02. The summed E-state index contributed by atoms with van der Waals surface area (Å²) >= 11 is 0. The maximum Gasteiger partial charge on any atom is 0.408 e. The van der Waals surface area contributed by atoms with Crippen molar-refractivity contribution in [3.63, 3.8) is 0 Å². The molecule has 1 unspecified atom stereocenters. The largest absolute Gasteiger partial charge is 0.461 e. The second kappa shape index (κ2) is 10.5. The number of hydrogen-bond acceptors (Lipinski definition) is 7. The molecule has 0 spiro atoms. The van der Waals surface area contributed by atoms with Gasteiger partial charge in [-0.25, -0.2) is 9.59 Å². The van der Waals surface area contributed by atoms with E-state index < -0.39 is 37.4 Å². The molecule has 128 valence electrons. The van der Waals surface area contributed by atoms with E-state index in [1.165, 1.54) is 0 Å². The monoisotopic (exact) mass is 327 g/mol. The fourth-order valence-electron chi connectivity index (χ4n) is 1.62. The lowest BCUT2D eigenvalue weighted by atomic mass is 10.2. The third-order valence-corrected chi connectivity index (χ3v) is 2.84. The molecule has 0 aliphatic carbocycles. The Morgan fingerprint density at radius 1 is 1.13 bits per heavy atom. The first kappa shape index (κ1) is 18.9. The smallest absolute Gasteiger partial charge is 0.408 e. The fourth-order valence-corrected chi connectivity index (χ4v) is 1.62. The highest BCUT2D eigenvalue weighted by Gasteiger charge is 2.23. The molecule has 1 rings (SSSR count). The molecule has 4 N–H and O–H groups in total. The third-order valence-electron chi connectivity index (χ3n) is 2.84. The predicted octanol–water partition coefficient (Wildman–Crippen LogP) is -0.440. The number of carbonyl (C=O) groups excluding carboxylic acids is 2. The van der Waals surface area contributed by atoms with Crippen molar-refractivity contribution in [2.75, 3.05) is 19.8 Å². The highest BCUT2D eigenvalue weighted by atomic mass is 16.6. The normalized spacial score (nSPS) is 13.0. The molecule has 0 radical (unpaired) electrons. The van der Waals surface area contributed by atoms with E-state index in [0.717, 1.165) is 5.56 Å². The van der Waals surface area contributed by atoms with Crippen LogP contribution in [-0.4, -0.2) is 59.3 Å².